The van der Waals surface area contributed by atoms with E-state index in [0.29, 0.717) is 6.04 Å². The van der Waals surface area contributed by atoms with Gasteiger partial charge in [0.15, 0.2) is 0 Å². The van der Waals surface area contributed by atoms with Crippen molar-refractivity contribution in [1.82, 2.24) is 15.3 Å². The molecule has 0 radical (unpaired) electrons. The predicted molar refractivity (Wildman–Crippen MR) is 65.8 cm³/mol. The highest BCUT2D eigenvalue weighted by Crippen LogP contribution is 2.22. The Kier molecular flexibility index (Phi) is 2.29. The van der Waals surface area contributed by atoms with Crippen molar-refractivity contribution in [2.45, 2.75) is 12.5 Å². The van der Waals surface area contributed by atoms with Crippen LogP contribution in [0.3, 0.4) is 0 Å². The fourth-order valence-corrected chi connectivity index (χ4v) is 2.32. The van der Waals surface area contributed by atoms with Crippen LogP contribution in [0.15, 0.2) is 24.5 Å². The second-order valence-corrected chi connectivity index (χ2v) is 4.36. The summed E-state index contributed by atoms with van der Waals surface area (Å²) >= 11 is 0. The van der Waals surface area contributed by atoms with Gasteiger partial charge in [-0.3, -0.25) is 0 Å². The normalized spacial score (nSPS) is 20.4. The SMILES string of the molecule is CN(c1ccc2nc[nH]c2c1)C1CCNC1. The van der Waals surface area contributed by atoms with Crippen LogP contribution in [-0.4, -0.2) is 36.1 Å². The predicted octanol–water partition coefficient (Wildman–Crippen LogP) is 1.36. The maximum Gasteiger partial charge on any atom is 0.0931 e. The molecule has 0 aliphatic carbocycles. The number of imidazole rings is 1. The molecule has 1 aliphatic heterocycles. The largest absolute Gasteiger partial charge is 0.370 e. The van der Waals surface area contributed by atoms with E-state index in [1.807, 2.05) is 0 Å². The lowest BCUT2D eigenvalue weighted by atomic mass is 10.2. The van der Waals surface area contributed by atoms with Gasteiger partial charge in [-0.05, 0) is 31.2 Å². The Bertz CT molecular complexity index is 484. The average Bonchev–Trinajstić information content (AvgIpc) is 2.98. The van der Waals surface area contributed by atoms with Crippen molar-refractivity contribution < 1.29 is 0 Å². The summed E-state index contributed by atoms with van der Waals surface area (Å²) in [7, 11) is 2.16. The van der Waals surface area contributed by atoms with E-state index in [-0.39, 0.29) is 0 Å². The standard InChI is InChI=1S/C12H16N4/c1-16(10-4-5-13-7-10)9-2-3-11-12(6-9)15-8-14-11/h2-3,6,8,10,13H,4-5,7H2,1H3,(H,14,15). The van der Waals surface area contributed by atoms with Crippen molar-refractivity contribution in [2.75, 3.05) is 25.0 Å². The van der Waals surface area contributed by atoms with Crippen LogP contribution in [0.2, 0.25) is 0 Å². The number of hydrogen-bond donors (Lipinski definition) is 2. The van der Waals surface area contributed by atoms with Crippen molar-refractivity contribution in [1.29, 1.82) is 0 Å². The molecule has 4 nitrogen and oxygen atoms in total. The fourth-order valence-electron chi connectivity index (χ4n) is 2.32. The number of rotatable bonds is 2. The Morgan fingerprint density at radius 2 is 2.38 bits per heavy atom. The van der Waals surface area contributed by atoms with Crippen LogP contribution < -0.4 is 10.2 Å². The first-order valence-corrected chi connectivity index (χ1v) is 5.71. The van der Waals surface area contributed by atoms with Gasteiger partial charge in [0.25, 0.3) is 0 Å². The Balaban J connectivity index is 1.91. The van der Waals surface area contributed by atoms with Crippen LogP contribution in [0.1, 0.15) is 6.42 Å². The minimum Gasteiger partial charge on any atom is -0.370 e. The van der Waals surface area contributed by atoms with Gasteiger partial charge in [0, 0.05) is 25.3 Å². The van der Waals surface area contributed by atoms with Gasteiger partial charge in [0.05, 0.1) is 17.4 Å². The molecule has 0 bridgehead atoms. The van der Waals surface area contributed by atoms with Crippen LogP contribution in [-0.2, 0) is 0 Å². The molecule has 1 aromatic carbocycles. The number of likely N-dealkylation sites (N-methyl/N-ethyl adjacent to an activating group) is 1. The van der Waals surface area contributed by atoms with Gasteiger partial charge >= 0.3 is 0 Å². The van der Waals surface area contributed by atoms with Crippen LogP contribution >= 0.6 is 0 Å². The quantitative estimate of drug-likeness (QED) is 0.796. The minimum absolute atomic E-state index is 0.611. The van der Waals surface area contributed by atoms with E-state index >= 15 is 0 Å². The number of fused-ring (bicyclic) bond motifs is 1. The number of nitrogens with one attached hydrogen (secondary N) is 2. The molecule has 1 aliphatic rings. The lowest BCUT2D eigenvalue weighted by Gasteiger charge is -2.25. The Hall–Kier alpha value is -1.55. The van der Waals surface area contributed by atoms with E-state index in [4.69, 9.17) is 0 Å². The van der Waals surface area contributed by atoms with Gasteiger partial charge in [-0.25, -0.2) is 4.98 Å². The molecule has 1 aromatic heterocycles. The zero-order chi connectivity index (χ0) is 11.0. The van der Waals surface area contributed by atoms with Crippen LogP contribution in [0.5, 0.6) is 0 Å². The molecule has 1 saturated heterocycles. The second kappa shape index (κ2) is 3.79. The van der Waals surface area contributed by atoms with Crippen LogP contribution in [0, 0.1) is 0 Å². The molecule has 1 unspecified atom stereocenters. The third kappa shape index (κ3) is 1.55. The van der Waals surface area contributed by atoms with E-state index < -0.39 is 0 Å². The Morgan fingerprint density at radius 1 is 1.44 bits per heavy atom. The fraction of sp³-hybridized carbons (Fsp3) is 0.417. The van der Waals surface area contributed by atoms with E-state index in [0.717, 1.165) is 24.1 Å². The summed E-state index contributed by atoms with van der Waals surface area (Å²) in [4.78, 5) is 9.73. The molecule has 2 heterocycles. The third-order valence-corrected chi connectivity index (χ3v) is 3.39. The van der Waals surface area contributed by atoms with Crippen molar-refractivity contribution >= 4 is 16.7 Å². The smallest absolute Gasteiger partial charge is 0.0931 e. The third-order valence-electron chi connectivity index (χ3n) is 3.39. The number of anilines is 1. The Morgan fingerprint density at radius 3 is 3.19 bits per heavy atom. The van der Waals surface area contributed by atoms with E-state index in [9.17, 15) is 0 Å². The van der Waals surface area contributed by atoms with Gasteiger partial charge in [-0.1, -0.05) is 0 Å². The first kappa shape index (κ1) is 9.66. The number of H-pyrrole nitrogens is 1. The molecule has 16 heavy (non-hydrogen) atoms. The molecule has 2 aromatic rings. The van der Waals surface area contributed by atoms with Gasteiger partial charge in [0.1, 0.15) is 0 Å². The van der Waals surface area contributed by atoms with E-state index in [1.54, 1.807) is 6.33 Å². The summed E-state index contributed by atoms with van der Waals surface area (Å²) < 4.78 is 0. The number of hydrogen-bond acceptors (Lipinski definition) is 3. The molecule has 0 amide bonds. The summed E-state index contributed by atoms with van der Waals surface area (Å²) in [5.74, 6) is 0. The van der Waals surface area contributed by atoms with Gasteiger partial charge < -0.3 is 15.2 Å². The molecular weight excluding hydrogens is 200 g/mol. The minimum atomic E-state index is 0.611. The summed E-state index contributed by atoms with van der Waals surface area (Å²) in [5, 5.41) is 3.39. The van der Waals surface area contributed by atoms with Crippen molar-refractivity contribution in [2.24, 2.45) is 0 Å². The van der Waals surface area contributed by atoms with Crippen LogP contribution in [0.4, 0.5) is 5.69 Å². The molecule has 1 fully saturated rings. The number of aromatic amines is 1. The highest BCUT2D eigenvalue weighted by molar-refractivity contribution is 5.79. The zero-order valence-corrected chi connectivity index (χ0v) is 9.40. The monoisotopic (exact) mass is 216 g/mol. The summed E-state index contributed by atoms with van der Waals surface area (Å²) in [6.07, 6.45) is 2.96. The Labute approximate surface area is 94.7 Å². The lowest BCUT2D eigenvalue weighted by molar-refractivity contribution is 0.686. The molecular formula is C12H16N4. The second-order valence-electron chi connectivity index (χ2n) is 4.36. The number of aromatic nitrogens is 2. The molecule has 1 atom stereocenters. The summed E-state index contributed by atoms with van der Waals surface area (Å²) in [6, 6.07) is 6.99. The molecule has 84 valence electrons. The molecule has 0 saturated carbocycles. The van der Waals surface area contributed by atoms with E-state index in [1.165, 1.54) is 12.1 Å². The zero-order valence-electron chi connectivity index (χ0n) is 9.40. The highest BCUT2D eigenvalue weighted by atomic mass is 15.2. The van der Waals surface area contributed by atoms with Crippen molar-refractivity contribution in [3.05, 3.63) is 24.5 Å². The molecule has 4 heteroatoms. The number of nitrogens with zero attached hydrogens (tertiary/aromatic N) is 2. The van der Waals surface area contributed by atoms with Gasteiger partial charge in [0.2, 0.25) is 0 Å². The molecule has 0 spiro atoms. The van der Waals surface area contributed by atoms with E-state index in [2.05, 4.69) is 45.4 Å². The molecule has 3 rings (SSSR count). The highest BCUT2D eigenvalue weighted by Gasteiger charge is 2.19. The maximum atomic E-state index is 4.23. The van der Waals surface area contributed by atoms with Gasteiger partial charge in [-0.2, -0.15) is 0 Å². The van der Waals surface area contributed by atoms with Gasteiger partial charge in [-0.15, -0.1) is 0 Å². The topological polar surface area (TPSA) is 44.0 Å². The summed E-state index contributed by atoms with van der Waals surface area (Å²) in [6.45, 7) is 2.21. The van der Waals surface area contributed by atoms with Crippen molar-refractivity contribution in [3.8, 4) is 0 Å². The maximum absolute atomic E-state index is 4.23. The van der Waals surface area contributed by atoms with Crippen molar-refractivity contribution in [3.63, 3.8) is 0 Å². The number of benzene rings is 1. The first-order chi connectivity index (χ1) is 7.84. The average molecular weight is 216 g/mol. The summed E-state index contributed by atoms with van der Waals surface area (Å²) in [5.41, 5.74) is 3.39. The first-order valence-electron chi connectivity index (χ1n) is 5.71. The van der Waals surface area contributed by atoms with Crippen LogP contribution in [0.25, 0.3) is 11.0 Å². The lowest BCUT2D eigenvalue weighted by Crippen LogP contribution is -2.33. The molecule has 2 N–H and O–H groups in total.